The summed E-state index contributed by atoms with van der Waals surface area (Å²) in [5, 5.41) is 0.539. The van der Waals surface area contributed by atoms with Crippen molar-refractivity contribution in [3.05, 3.63) is 41.9 Å². The monoisotopic (exact) mass is 414 g/mol. The average Bonchev–Trinajstić information content (AvgIpc) is 3.10. The fourth-order valence-electron chi connectivity index (χ4n) is 3.27. The molecule has 1 aliphatic rings. The molecule has 1 fully saturated rings. The van der Waals surface area contributed by atoms with E-state index in [1.165, 1.54) is 0 Å². The highest BCUT2D eigenvalue weighted by atomic mass is 35.5. The molecule has 29 heavy (non-hydrogen) atoms. The number of halogens is 1. The summed E-state index contributed by atoms with van der Waals surface area (Å²) in [6.45, 7) is 8.26. The second-order valence-corrected chi connectivity index (χ2v) is 8.45. The molecule has 0 N–H and O–H groups in total. The summed E-state index contributed by atoms with van der Waals surface area (Å²) in [6, 6.07) is 5.73. The Morgan fingerprint density at radius 2 is 1.90 bits per heavy atom. The first-order valence-corrected chi connectivity index (χ1v) is 9.90. The maximum atomic E-state index is 12.2. The van der Waals surface area contributed by atoms with Crippen LogP contribution in [-0.4, -0.2) is 52.7 Å². The van der Waals surface area contributed by atoms with E-state index in [1.807, 2.05) is 39.1 Å². The quantitative estimate of drug-likeness (QED) is 0.610. The van der Waals surface area contributed by atoms with Gasteiger partial charge in [0.25, 0.3) is 0 Å². The number of hydrogen-bond acceptors (Lipinski definition) is 6. The van der Waals surface area contributed by atoms with Crippen LogP contribution < -0.4 is 4.90 Å². The van der Waals surface area contributed by atoms with E-state index in [1.54, 1.807) is 23.4 Å². The minimum atomic E-state index is -0.483. The Bertz CT molecular complexity index is 1020. The van der Waals surface area contributed by atoms with Gasteiger partial charge in [-0.05, 0) is 32.9 Å². The maximum absolute atomic E-state index is 12.2. The third-order valence-electron chi connectivity index (χ3n) is 4.69. The smallest absolute Gasteiger partial charge is 0.410 e. The van der Waals surface area contributed by atoms with Gasteiger partial charge >= 0.3 is 6.09 Å². The zero-order valence-electron chi connectivity index (χ0n) is 16.7. The van der Waals surface area contributed by atoms with Crippen LogP contribution in [0, 0.1) is 0 Å². The zero-order valence-corrected chi connectivity index (χ0v) is 17.4. The molecule has 0 spiro atoms. The Kier molecular flexibility index (Phi) is 5.08. The fraction of sp³-hybridized carbons (Fsp3) is 0.381. The third-order valence-corrected chi connectivity index (χ3v) is 4.90. The lowest BCUT2D eigenvalue weighted by atomic mass is 10.1. The molecule has 0 aliphatic carbocycles. The standard InChI is InChI=1S/C21H23ClN4O3/c1-21(2,3)29-20(27)26-8-6-25(7-9-26)18-5-4-14(11-23-18)16-13-28-17-10-15(22)12-24-19(16)17/h4-5,10-13H,6-9H2,1-3H3. The fourth-order valence-corrected chi connectivity index (χ4v) is 3.42. The molecule has 1 aliphatic heterocycles. The molecule has 1 amide bonds. The normalized spacial score (nSPS) is 15.0. The van der Waals surface area contributed by atoms with Crippen LogP contribution in [0.5, 0.6) is 0 Å². The van der Waals surface area contributed by atoms with E-state index in [0.29, 0.717) is 36.8 Å². The molecule has 0 radical (unpaired) electrons. The number of piperazine rings is 1. The number of hydrogen-bond donors (Lipinski definition) is 0. The van der Waals surface area contributed by atoms with Gasteiger partial charge in [0.1, 0.15) is 23.2 Å². The molecule has 3 aromatic heterocycles. The van der Waals surface area contributed by atoms with Gasteiger partial charge in [-0.3, -0.25) is 4.98 Å². The number of fused-ring (bicyclic) bond motifs is 1. The Hall–Kier alpha value is -2.80. The summed E-state index contributed by atoms with van der Waals surface area (Å²) in [6.07, 6.45) is 4.83. The number of aromatic nitrogens is 2. The molecular weight excluding hydrogens is 392 g/mol. The second kappa shape index (κ2) is 7.55. The Morgan fingerprint density at radius 3 is 2.55 bits per heavy atom. The first-order valence-electron chi connectivity index (χ1n) is 9.52. The van der Waals surface area contributed by atoms with E-state index in [2.05, 4.69) is 14.9 Å². The van der Waals surface area contributed by atoms with Gasteiger partial charge in [0.05, 0.1) is 5.02 Å². The van der Waals surface area contributed by atoms with Gasteiger partial charge in [0.2, 0.25) is 0 Å². The van der Waals surface area contributed by atoms with E-state index in [-0.39, 0.29) is 6.09 Å². The number of pyridine rings is 2. The van der Waals surface area contributed by atoms with E-state index < -0.39 is 5.60 Å². The van der Waals surface area contributed by atoms with Crippen LogP contribution in [0.3, 0.4) is 0 Å². The lowest BCUT2D eigenvalue weighted by Gasteiger charge is -2.36. The Balaban J connectivity index is 1.43. The molecular formula is C21H23ClN4O3. The number of ether oxygens (including phenoxy) is 1. The summed E-state index contributed by atoms with van der Waals surface area (Å²) in [5.41, 5.74) is 2.73. The molecule has 3 aromatic rings. The largest absolute Gasteiger partial charge is 0.462 e. The lowest BCUT2D eigenvalue weighted by Crippen LogP contribution is -2.50. The van der Waals surface area contributed by atoms with Crippen molar-refractivity contribution < 1.29 is 13.9 Å². The van der Waals surface area contributed by atoms with Gasteiger partial charge in [0.15, 0.2) is 5.58 Å². The zero-order chi connectivity index (χ0) is 20.6. The summed E-state index contributed by atoms with van der Waals surface area (Å²) in [4.78, 5) is 25.1. The van der Waals surface area contributed by atoms with Crippen LogP contribution >= 0.6 is 11.6 Å². The van der Waals surface area contributed by atoms with Gasteiger partial charge in [0, 0.05) is 55.8 Å². The van der Waals surface area contributed by atoms with Crippen LogP contribution in [0.2, 0.25) is 5.02 Å². The minimum absolute atomic E-state index is 0.264. The van der Waals surface area contributed by atoms with Crippen molar-refractivity contribution in [1.82, 2.24) is 14.9 Å². The predicted octanol–water partition coefficient (Wildman–Crippen LogP) is 4.60. The number of furan rings is 1. The average molecular weight is 415 g/mol. The van der Waals surface area contributed by atoms with Crippen LogP contribution in [0.25, 0.3) is 22.2 Å². The second-order valence-electron chi connectivity index (χ2n) is 8.01. The SMILES string of the molecule is CC(C)(C)OC(=O)N1CCN(c2ccc(-c3coc4cc(Cl)cnc34)cn2)CC1. The van der Waals surface area contributed by atoms with E-state index in [4.69, 9.17) is 20.8 Å². The first-order chi connectivity index (χ1) is 13.8. The number of amides is 1. The van der Waals surface area contributed by atoms with Gasteiger partial charge in [-0.25, -0.2) is 9.78 Å². The molecule has 0 saturated carbocycles. The van der Waals surface area contributed by atoms with E-state index in [9.17, 15) is 4.79 Å². The van der Waals surface area contributed by atoms with Crippen molar-refractivity contribution >= 4 is 34.6 Å². The van der Waals surface area contributed by atoms with E-state index in [0.717, 1.165) is 22.5 Å². The number of carbonyl (C=O) groups excluding carboxylic acids is 1. The van der Waals surface area contributed by atoms with Crippen molar-refractivity contribution in [3.8, 4) is 11.1 Å². The highest BCUT2D eigenvalue weighted by Crippen LogP contribution is 2.30. The van der Waals surface area contributed by atoms with E-state index >= 15 is 0 Å². The lowest BCUT2D eigenvalue weighted by molar-refractivity contribution is 0.0240. The summed E-state index contributed by atoms with van der Waals surface area (Å²) in [5.74, 6) is 0.876. The van der Waals surface area contributed by atoms with Crippen molar-refractivity contribution in [2.75, 3.05) is 31.1 Å². The minimum Gasteiger partial charge on any atom is -0.462 e. The highest BCUT2D eigenvalue weighted by molar-refractivity contribution is 6.31. The van der Waals surface area contributed by atoms with Crippen LogP contribution in [-0.2, 0) is 4.74 Å². The number of carbonyl (C=O) groups is 1. The molecule has 4 heterocycles. The van der Waals surface area contributed by atoms with Crippen molar-refractivity contribution in [2.24, 2.45) is 0 Å². The maximum Gasteiger partial charge on any atom is 0.410 e. The Labute approximate surface area is 174 Å². The molecule has 4 rings (SSSR count). The molecule has 0 unspecified atom stereocenters. The van der Waals surface area contributed by atoms with Crippen LogP contribution in [0.15, 0.2) is 41.3 Å². The van der Waals surface area contributed by atoms with Crippen molar-refractivity contribution in [1.29, 1.82) is 0 Å². The Morgan fingerprint density at radius 1 is 1.14 bits per heavy atom. The van der Waals surface area contributed by atoms with Gasteiger partial charge in [-0.2, -0.15) is 0 Å². The van der Waals surface area contributed by atoms with Gasteiger partial charge < -0.3 is 19.0 Å². The topological polar surface area (TPSA) is 71.7 Å². The molecule has 152 valence electrons. The molecule has 1 saturated heterocycles. The van der Waals surface area contributed by atoms with Gasteiger partial charge in [-0.1, -0.05) is 11.6 Å². The van der Waals surface area contributed by atoms with Crippen LogP contribution in [0.1, 0.15) is 20.8 Å². The van der Waals surface area contributed by atoms with Crippen molar-refractivity contribution in [2.45, 2.75) is 26.4 Å². The molecule has 7 nitrogen and oxygen atoms in total. The number of rotatable bonds is 2. The predicted molar refractivity (Wildman–Crippen MR) is 112 cm³/mol. The third kappa shape index (κ3) is 4.29. The number of nitrogens with zero attached hydrogens (tertiary/aromatic N) is 4. The number of anilines is 1. The molecule has 0 aromatic carbocycles. The van der Waals surface area contributed by atoms with Crippen molar-refractivity contribution in [3.63, 3.8) is 0 Å². The summed E-state index contributed by atoms with van der Waals surface area (Å²) in [7, 11) is 0. The van der Waals surface area contributed by atoms with Gasteiger partial charge in [-0.15, -0.1) is 0 Å². The highest BCUT2D eigenvalue weighted by Gasteiger charge is 2.26. The molecule has 8 heteroatoms. The summed E-state index contributed by atoms with van der Waals surface area (Å²) < 4.78 is 11.0. The first kappa shape index (κ1) is 19.5. The van der Waals surface area contributed by atoms with Crippen LogP contribution in [0.4, 0.5) is 10.6 Å². The summed E-state index contributed by atoms with van der Waals surface area (Å²) >= 11 is 5.97. The molecule has 0 bridgehead atoms. The molecule has 0 atom stereocenters.